The summed E-state index contributed by atoms with van der Waals surface area (Å²) in [4.78, 5) is 1.99. The number of nitrogens with zero attached hydrogens (tertiary/aromatic N) is 1. The molecular weight excluding hydrogens is 265 g/mol. The number of benzene rings is 1. The van der Waals surface area contributed by atoms with Gasteiger partial charge in [0.2, 0.25) is 0 Å². The van der Waals surface area contributed by atoms with Crippen LogP contribution in [0.4, 0.5) is 24.5 Å². The summed E-state index contributed by atoms with van der Waals surface area (Å²) in [5, 5.41) is 3.23. The Hall–Kier alpha value is -1.39. The van der Waals surface area contributed by atoms with E-state index in [-0.39, 0.29) is 18.9 Å². The van der Waals surface area contributed by atoms with Crippen LogP contribution in [0, 0.1) is 5.92 Å². The monoisotopic (exact) mass is 286 g/mol. The normalized spacial score (nSPS) is 23.4. The van der Waals surface area contributed by atoms with Crippen molar-refractivity contribution in [2.24, 2.45) is 5.92 Å². The van der Waals surface area contributed by atoms with E-state index in [1.807, 2.05) is 43.3 Å². The van der Waals surface area contributed by atoms with Crippen molar-refractivity contribution >= 4 is 11.4 Å². The molecule has 2 atom stereocenters. The second-order valence-electron chi connectivity index (χ2n) is 5.69. The first kappa shape index (κ1) is 15.0. The largest absolute Gasteiger partial charge is 0.391 e. The number of alkyl halides is 3. The Morgan fingerprint density at radius 3 is 2.30 bits per heavy atom. The van der Waals surface area contributed by atoms with Crippen LogP contribution >= 0.6 is 0 Å². The maximum absolute atomic E-state index is 12.8. The van der Waals surface area contributed by atoms with Crippen LogP contribution in [0.1, 0.15) is 25.7 Å². The van der Waals surface area contributed by atoms with E-state index in [1.54, 1.807) is 0 Å². The molecule has 0 saturated heterocycles. The molecule has 1 saturated carbocycles. The maximum Gasteiger partial charge on any atom is 0.391 e. The molecule has 112 valence electrons. The third kappa shape index (κ3) is 3.81. The molecule has 1 N–H and O–H groups in total. The van der Waals surface area contributed by atoms with Crippen molar-refractivity contribution in [2.45, 2.75) is 37.9 Å². The number of rotatable bonds is 3. The van der Waals surface area contributed by atoms with Gasteiger partial charge in [-0.2, -0.15) is 13.2 Å². The van der Waals surface area contributed by atoms with Crippen molar-refractivity contribution < 1.29 is 13.2 Å². The molecule has 1 aromatic carbocycles. The molecule has 2 nitrogen and oxygen atoms in total. The third-order valence-electron chi connectivity index (χ3n) is 3.89. The molecule has 0 amide bonds. The van der Waals surface area contributed by atoms with Crippen LogP contribution in [0.25, 0.3) is 0 Å². The van der Waals surface area contributed by atoms with Gasteiger partial charge in [0.1, 0.15) is 0 Å². The minimum atomic E-state index is -4.06. The van der Waals surface area contributed by atoms with Crippen molar-refractivity contribution in [3.8, 4) is 0 Å². The van der Waals surface area contributed by atoms with Gasteiger partial charge in [-0.25, -0.2) is 0 Å². The molecule has 0 heterocycles. The summed E-state index contributed by atoms with van der Waals surface area (Å²) in [5.41, 5.74) is 1.97. The Morgan fingerprint density at radius 1 is 1.10 bits per heavy atom. The lowest BCUT2D eigenvalue weighted by molar-refractivity contribution is -0.182. The maximum atomic E-state index is 12.8. The first-order chi connectivity index (χ1) is 9.36. The molecule has 2 unspecified atom stereocenters. The highest BCUT2D eigenvalue weighted by Crippen LogP contribution is 2.38. The van der Waals surface area contributed by atoms with Crippen molar-refractivity contribution in [2.75, 3.05) is 24.3 Å². The molecule has 20 heavy (non-hydrogen) atoms. The van der Waals surface area contributed by atoms with Crippen LogP contribution < -0.4 is 10.2 Å². The Balaban J connectivity index is 1.96. The van der Waals surface area contributed by atoms with Crippen LogP contribution in [0.3, 0.4) is 0 Å². The van der Waals surface area contributed by atoms with Gasteiger partial charge in [-0.15, -0.1) is 0 Å². The lowest BCUT2D eigenvalue weighted by Gasteiger charge is -2.31. The predicted molar refractivity (Wildman–Crippen MR) is 76.2 cm³/mol. The standard InChI is InChI=1S/C15H21F3N2/c1-20(2)14-8-6-12(7-9-14)19-13-5-3-4-11(10-13)15(16,17)18/h6-9,11,13,19H,3-5,10H2,1-2H3. The summed E-state index contributed by atoms with van der Waals surface area (Å²) in [6, 6.07) is 7.69. The lowest BCUT2D eigenvalue weighted by Crippen LogP contribution is -2.34. The van der Waals surface area contributed by atoms with Crippen molar-refractivity contribution in [1.29, 1.82) is 0 Å². The summed E-state index contributed by atoms with van der Waals surface area (Å²) in [7, 11) is 3.91. The van der Waals surface area contributed by atoms with Gasteiger partial charge in [0.25, 0.3) is 0 Å². The van der Waals surface area contributed by atoms with Gasteiger partial charge in [0, 0.05) is 31.5 Å². The molecule has 1 aliphatic rings. The number of anilines is 2. The molecule has 1 fully saturated rings. The zero-order chi connectivity index (χ0) is 14.8. The van der Waals surface area contributed by atoms with Gasteiger partial charge in [0.15, 0.2) is 0 Å². The van der Waals surface area contributed by atoms with Gasteiger partial charge in [-0.3, -0.25) is 0 Å². The zero-order valence-electron chi connectivity index (χ0n) is 11.9. The van der Waals surface area contributed by atoms with E-state index in [2.05, 4.69) is 5.32 Å². The first-order valence-corrected chi connectivity index (χ1v) is 6.97. The number of hydrogen-bond acceptors (Lipinski definition) is 2. The van der Waals surface area contributed by atoms with E-state index >= 15 is 0 Å². The summed E-state index contributed by atoms with van der Waals surface area (Å²) >= 11 is 0. The molecular formula is C15H21F3N2. The van der Waals surface area contributed by atoms with E-state index in [0.29, 0.717) is 6.42 Å². The second-order valence-corrected chi connectivity index (χ2v) is 5.69. The molecule has 0 aromatic heterocycles. The third-order valence-corrected chi connectivity index (χ3v) is 3.89. The summed E-state index contributed by atoms with van der Waals surface area (Å²) in [6.45, 7) is 0. The van der Waals surface area contributed by atoms with Crippen LogP contribution in [0.5, 0.6) is 0 Å². The average Bonchev–Trinajstić information content (AvgIpc) is 2.38. The van der Waals surface area contributed by atoms with E-state index in [0.717, 1.165) is 17.8 Å². The fraction of sp³-hybridized carbons (Fsp3) is 0.600. The van der Waals surface area contributed by atoms with Crippen LogP contribution in [0.15, 0.2) is 24.3 Å². The van der Waals surface area contributed by atoms with Crippen LogP contribution in [-0.4, -0.2) is 26.3 Å². The first-order valence-electron chi connectivity index (χ1n) is 6.97. The quantitative estimate of drug-likeness (QED) is 0.892. The molecule has 0 bridgehead atoms. The Labute approximate surface area is 118 Å². The number of halogens is 3. The fourth-order valence-electron chi connectivity index (χ4n) is 2.71. The average molecular weight is 286 g/mol. The summed E-state index contributed by atoms with van der Waals surface area (Å²) < 4.78 is 38.3. The number of nitrogens with one attached hydrogen (secondary N) is 1. The zero-order valence-corrected chi connectivity index (χ0v) is 11.9. The topological polar surface area (TPSA) is 15.3 Å². The summed E-state index contributed by atoms with van der Waals surface area (Å²) in [5.74, 6) is -1.16. The smallest absolute Gasteiger partial charge is 0.382 e. The second kappa shape index (κ2) is 5.94. The van der Waals surface area contributed by atoms with E-state index in [1.165, 1.54) is 0 Å². The highest BCUT2D eigenvalue weighted by molar-refractivity contribution is 5.54. The Bertz CT molecular complexity index is 426. The number of hydrogen-bond donors (Lipinski definition) is 1. The molecule has 0 aliphatic heterocycles. The molecule has 5 heteroatoms. The summed E-state index contributed by atoms with van der Waals surface area (Å²) in [6.07, 6.45) is -2.17. The van der Waals surface area contributed by atoms with Gasteiger partial charge in [-0.1, -0.05) is 6.42 Å². The van der Waals surface area contributed by atoms with Gasteiger partial charge < -0.3 is 10.2 Å². The Morgan fingerprint density at radius 2 is 1.75 bits per heavy atom. The SMILES string of the molecule is CN(C)c1ccc(NC2CCCC(C(F)(F)F)C2)cc1. The van der Waals surface area contributed by atoms with E-state index in [4.69, 9.17) is 0 Å². The van der Waals surface area contributed by atoms with Gasteiger partial charge >= 0.3 is 6.18 Å². The minimum absolute atomic E-state index is 0.0828. The lowest BCUT2D eigenvalue weighted by atomic mass is 9.85. The molecule has 1 aromatic rings. The molecule has 0 radical (unpaired) electrons. The van der Waals surface area contributed by atoms with Crippen molar-refractivity contribution in [3.05, 3.63) is 24.3 Å². The highest BCUT2D eigenvalue weighted by Gasteiger charge is 2.42. The van der Waals surface area contributed by atoms with E-state index in [9.17, 15) is 13.2 Å². The van der Waals surface area contributed by atoms with Gasteiger partial charge in [0.05, 0.1) is 5.92 Å². The van der Waals surface area contributed by atoms with Crippen molar-refractivity contribution in [3.63, 3.8) is 0 Å². The predicted octanol–water partition coefficient (Wildman–Crippen LogP) is 4.29. The molecule has 2 rings (SSSR count). The van der Waals surface area contributed by atoms with E-state index < -0.39 is 12.1 Å². The van der Waals surface area contributed by atoms with Gasteiger partial charge in [-0.05, 0) is 43.5 Å². The van der Waals surface area contributed by atoms with Crippen LogP contribution in [0.2, 0.25) is 0 Å². The Kier molecular flexibility index (Phi) is 4.45. The fourth-order valence-corrected chi connectivity index (χ4v) is 2.71. The van der Waals surface area contributed by atoms with Crippen LogP contribution in [-0.2, 0) is 0 Å². The molecule has 0 spiro atoms. The highest BCUT2D eigenvalue weighted by atomic mass is 19.4. The minimum Gasteiger partial charge on any atom is -0.382 e. The molecule has 1 aliphatic carbocycles. The van der Waals surface area contributed by atoms with Crippen molar-refractivity contribution in [1.82, 2.24) is 0 Å².